The van der Waals surface area contributed by atoms with Crippen LogP contribution in [-0.2, 0) is 26.0 Å². The van der Waals surface area contributed by atoms with Crippen LogP contribution in [-0.4, -0.2) is 44.5 Å². The van der Waals surface area contributed by atoms with Crippen LogP contribution in [0.4, 0.5) is 5.69 Å². The largest absolute Gasteiger partial charge is 0.374 e. The Morgan fingerprint density at radius 1 is 1.33 bits per heavy atom. The first kappa shape index (κ1) is 18.9. The van der Waals surface area contributed by atoms with Crippen LogP contribution in [0.2, 0.25) is 0 Å². The van der Waals surface area contributed by atoms with E-state index in [-0.39, 0.29) is 18.9 Å². The summed E-state index contributed by atoms with van der Waals surface area (Å²) in [7, 11) is -3.52. The van der Waals surface area contributed by atoms with Gasteiger partial charge in [-0.15, -0.1) is 0 Å². The molecule has 0 saturated carbocycles. The fourth-order valence-electron chi connectivity index (χ4n) is 2.84. The molecule has 1 fully saturated rings. The van der Waals surface area contributed by atoms with E-state index in [4.69, 9.17) is 4.74 Å². The zero-order valence-electron chi connectivity index (χ0n) is 14.5. The third-order valence-electron chi connectivity index (χ3n) is 4.30. The van der Waals surface area contributed by atoms with Crippen LogP contribution in [0.5, 0.6) is 0 Å². The van der Waals surface area contributed by atoms with Gasteiger partial charge >= 0.3 is 0 Å². The number of carbonyl (C=O) groups is 1. The first-order valence-corrected chi connectivity index (χ1v) is 10.1. The number of amides is 1. The Morgan fingerprint density at radius 3 is 2.58 bits per heavy atom. The minimum atomic E-state index is -3.52. The van der Waals surface area contributed by atoms with Gasteiger partial charge in [0, 0.05) is 11.9 Å². The number of hydrogen-bond donors (Lipinski definition) is 2. The monoisotopic (exact) mass is 354 g/mol. The van der Waals surface area contributed by atoms with Crippen LogP contribution in [0.25, 0.3) is 0 Å². The van der Waals surface area contributed by atoms with Crippen molar-refractivity contribution in [3.8, 4) is 0 Å². The maximum absolute atomic E-state index is 12.8. The Balaban J connectivity index is 2.17. The maximum Gasteiger partial charge on any atom is 0.245 e. The molecule has 0 unspecified atom stereocenters. The first-order chi connectivity index (χ1) is 11.2. The molecule has 2 rings (SSSR count). The van der Waals surface area contributed by atoms with Crippen molar-refractivity contribution in [2.45, 2.75) is 44.1 Å². The van der Waals surface area contributed by atoms with Crippen LogP contribution in [0, 0.1) is 0 Å². The molecule has 1 aliphatic heterocycles. The van der Waals surface area contributed by atoms with Crippen LogP contribution < -0.4 is 10.6 Å². The minimum Gasteiger partial charge on any atom is -0.374 e. The zero-order chi connectivity index (χ0) is 17.8. The summed E-state index contributed by atoms with van der Waals surface area (Å²) in [5.41, 5.74) is 1.52. The molecular formula is C17H26N2O4S. The highest BCUT2D eigenvalue weighted by Gasteiger charge is 2.48. The molecule has 1 aromatic rings. The summed E-state index contributed by atoms with van der Waals surface area (Å²) in [5.74, 6) is -0.451. The lowest BCUT2D eigenvalue weighted by Gasteiger charge is -2.34. The van der Waals surface area contributed by atoms with E-state index in [1.54, 1.807) is 6.07 Å². The van der Waals surface area contributed by atoms with Gasteiger partial charge < -0.3 is 15.4 Å². The first-order valence-electron chi connectivity index (χ1n) is 8.17. The highest BCUT2D eigenvalue weighted by Crippen LogP contribution is 2.29. The van der Waals surface area contributed by atoms with Gasteiger partial charge in [0.2, 0.25) is 5.91 Å². The van der Waals surface area contributed by atoms with Crippen LogP contribution >= 0.6 is 0 Å². The fourth-order valence-corrected chi connectivity index (χ4v) is 4.18. The third kappa shape index (κ3) is 4.34. The van der Waals surface area contributed by atoms with Crippen molar-refractivity contribution in [1.29, 1.82) is 0 Å². The number of rotatable bonds is 6. The molecule has 0 bridgehead atoms. The summed E-state index contributed by atoms with van der Waals surface area (Å²) in [6.07, 6.45) is 1.83. The predicted molar refractivity (Wildman–Crippen MR) is 94.7 cm³/mol. The number of anilines is 1. The molecule has 1 aromatic carbocycles. The van der Waals surface area contributed by atoms with E-state index in [9.17, 15) is 13.2 Å². The fraction of sp³-hybridized carbons (Fsp3) is 0.588. The number of ether oxygens (including phenoxy) is 1. The molecule has 2 N–H and O–H groups in total. The summed E-state index contributed by atoms with van der Waals surface area (Å²) in [6, 6.07) is 7.31. The number of nitrogens with one attached hydrogen (secondary N) is 2. The van der Waals surface area contributed by atoms with E-state index in [2.05, 4.69) is 10.6 Å². The summed E-state index contributed by atoms with van der Waals surface area (Å²) in [5, 5.41) is 5.89. The Kier molecular flexibility index (Phi) is 6.01. The Hall–Kier alpha value is -1.44. The molecule has 1 aliphatic rings. The van der Waals surface area contributed by atoms with Gasteiger partial charge in [-0.3, -0.25) is 4.79 Å². The molecule has 0 spiro atoms. The van der Waals surface area contributed by atoms with Crippen molar-refractivity contribution in [3.05, 3.63) is 29.8 Å². The molecule has 7 heteroatoms. The highest BCUT2D eigenvalue weighted by atomic mass is 32.2. The summed E-state index contributed by atoms with van der Waals surface area (Å²) in [4.78, 5) is 12.8. The average molecular weight is 354 g/mol. The lowest BCUT2D eigenvalue weighted by Crippen LogP contribution is -2.55. The van der Waals surface area contributed by atoms with Crippen molar-refractivity contribution >= 4 is 21.4 Å². The van der Waals surface area contributed by atoms with Crippen molar-refractivity contribution in [2.24, 2.45) is 0 Å². The van der Waals surface area contributed by atoms with Crippen LogP contribution in [0.1, 0.15) is 32.3 Å². The molecular weight excluding hydrogens is 328 g/mol. The Morgan fingerprint density at radius 2 is 2.00 bits per heavy atom. The van der Waals surface area contributed by atoms with Gasteiger partial charge in [-0.2, -0.15) is 0 Å². The topological polar surface area (TPSA) is 84.5 Å². The summed E-state index contributed by atoms with van der Waals surface area (Å²) in [6.45, 7) is 5.39. The summed E-state index contributed by atoms with van der Waals surface area (Å²) < 4.78 is 28.8. The Labute approximate surface area is 143 Å². The van der Waals surface area contributed by atoms with Gasteiger partial charge in [-0.05, 0) is 57.5 Å². The second-order valence-electron chi connectivity index (χ2n) is 6.53. The maximum atomic E-state index is 12.8. The van der Waals surface area contributed by atoms with E-state index >= 15 is 0 Å². The van der Waals surface area contributed by atoms with Crippen molar-refractivity contribution in [2.75, 3.05) is 24.7 Å². The smallest absolute Gasteiger partial charge is 0.245 e. The van der Waals surface area contributed by atoms with Gasteiger partial charge in [0.25, 0.3) is 0 Å². The van der Waals surface area contributed by atoms with E-state index in [1.807, 2.05) is 32.0 Å². The number of carbonyl (C=O) groups excluding carboxylic acids is 1. The second kappa shape index (κ2) is 7.63. The molecule has 0 atom stereocenters. The van der Waals surface area contributed by atoms with Crippen molar-refractivity contribution in [1.82, 2.24) is 5.32 Å². The number of hydrogen-bond acceptors (Lipinski definition) is 5. The van der Waals surface area contributed by atoms with Crippen molar-refractivity contribution in [3.63, 3.8) is 0 Å². The van der Waals surface area contributed by atoms with E-state index in [0.29, 0.717) is 25.4 Å². The van der Waals surface area contributed by atoms with E-state index in [1.165, 1.54) is 0 Å². The minimum absolute atomic E-state index is 0.117. The molecule has 0 radical (unpaired) electrons. The highest BCUT2D eigenvalue weighted by molar-refractivity contribution is 7.92. The standard InChI is InChI=1S/C17H26N2O4S/c1-13(2)23-12-14-5-4-6-15(11-14)19-16(20)17(24(3,21)22)7-9-18-10-8-17/h4-6,11,13,18H,7-10,12H2,1-3H3,(H,19,20). The van der Waals surface area contributed by atoms with E-state index in [0.717, 1.165) is 11.8 Å². The molecule has 0 aliphatic carbocycles. The quantitative estimate of drug-likeness (QED) is 0.812. The zero-order valence-corrected chi connectivity index (χ0v) is 15.3. The van der Waals surface area contributed by atoms with Gasteiger partial charge in [-0.1, -0.05) is 12.1 Å². The normalized spacial score (nSPS) is 17.7. The lowest BCUT2D eigenvalue weighted by atomic mass is 9.95. The Bertz CT molecular complexity index is 680. The molecule has 0 aromatic heterocycles. The van der Waals surface area contributed by atoms with Gasteiger partial charge in [0.1, 0.15) is 0 Å². The SMILES string of the molecule is CC(C)OCc1cccc(NC(=O)C2(S(C)(=O)=O)CCNCC2)c1. The second-order valence-corrected chi connectivity index (χ2v) is 8.86. The molecule has 1 saturated heterocycles. The third-order valence-corrected chi connectivity index (χ3v) is 6.32. The van der Waals surface area contributed by atoms with Crippen molar-refractivity contribution < 1.29 is 17.9 Å². The average Bonchev–Trinajstić information content (AvgIpc) is 2.53. The van der Waals surface area contributed by atoms with E-state index < -0.39 is 20.5 Å². The lowest BCUT2D eigenvalue weighted by molar-refractivity contribution is -0.119. The summed E-state index contributed by atoms with van der Waals surface area (Å²) >= 11 is 0. The molecule has 1 amide bonds. The number of benzene rings is 1. The number of sulfone groups is 1. The molecule has 134 valence electrons. The molecule has 6 nitrogen and oxygen atoms in total. The van der Waals surface area contributed by atoms with Gasteiger partial charge in [0.05, 0.1) is 12.7 Å². The molecule has 1 heterocycles. The van der Waals surface area contributed by atoms with Gasteiger partial charge in [0.15, 0.2) is 14.6 Å². The predicted octanol–water partition coefficient (Wildman–Crippen LogP) is 1.72. The van der Waals surface area contributed by atoms with Gasteiger partial charge in [-0.25, -0.2) is 8.42 Å². The molecule has 24 heavy (non-hydrogen) atoms. The van der Waals surface area contributed by atoms with Crippen LogP contribution in [0.3, 0.4) is 0 Å². The number of piperidine rings is 1. The van der Waals surface area contributed by atoms with Crippen LogP contribution in [0.15, 0.2) is 24.3 Å².